The van der Waals surface area contributed by atoms with Crippen molar-refractivity contribution in [1.82, 2.24) is 20.6 Å². The minimum absolute atomic E-state index is 0.0110. The van der Waals surface area contributed by atoms with E-state index in [1.165, 1.54) is 24.3 Å². The lowest BCUT2D eigenvalue weighted by atomic mass is 9.69. The van der Waals surface area contributed by atoms with Crippen molar-refractivity contribution in [1.29, 1.82) is 0 Å². The van der Waals surface area contributed by atoms with Crippen molar-refractivity contribution in [3.05, 3.63) is 64.2 Å². The number of H-pyrrole nitrogens is 1. The molecule has 1 heterocycles. The second kappa shape index (κ2) is 6.94. The van der Waals surface area contributed by atoms with Crippen LogP contribution in [0.3, 0.4) is 0 Å². The van der Waals surface area contributed by atoms with Gasteiger partial charge in [-0.3, -0.25) is 14.9 Å². The molecule has 1 aromatic heterocycles. The molecule has 2 aromatic carbocycles. The number of nitrogens with zero attached hydrogens (tertiary/aromatic N) is 4. The number of nitrogens with one attached hydrogen (secondary N) is 1. The fraction of sp³-hybridized carbons (Fsp3) is 0.222. The molecule has 1 fully saturated rings. The number of carbonyl (C=O) groups excluding carboxylic acids is 1. The molecular weight excluding hydrogens is 350 g/mol. The first-order chi connectivity index (χ1) is 13.1. The molecule has 27 heavy (non-hydrogen) atoms. The van der Waals surface area contributed by atoms with E-state index in [1.807, 2.05) is 24.3 Å². The molecule has 136 valence electrons. The average Bonchev–Trinajstić information content (AvgIpc) is 3.16. The highest BCUT2D eigenvalue weighted by atomic mass is 16.6. The van der Waals surface area contributed by atoms with Crippen LogP contribution in [0.15, 0.2) is 48.5 Å². The largest absolute Gasteiger partial charge is 0.426 e. The highest BCUT2D eigenvalue weighted by molar-refractivity contribution is 5.78. The van der Waals surface area contributed by atoms with Crippen molar-refractivity contribution < 1.29 is 14.5 Å². The molecule has 0 amide bonds. The number of nitro benzene ring substituents is 1. The fourth-order valence-corrected chi connectivity index (χ4v) is 3.29. The summed E-state index contributed by atoms with van der Waals surface area (Å²) in [5.41, 5.74) is 1.80. The smallest absolute Gasteiger partial charge is 0.314 e. The van der Waals surface area contributed by atoms with Gasteiger partial charge in [0.25, 0.3) is 5.69 Å². The number of esters is 1. The number of rotatable bonds is 5. The van der Waals surface area contributed by atoms with Crippen molar-refractivity contribution in [2.75, 3.05) is 0 Å². The molecule has 1 saturated carbocycles. The second-order valence-electron chi connectivity index (χ2n) is 6.30. The standard InChI is InChI=1S/C18H15N5O4/c24-18(27-12-7-5-11(6-8-12)23(25)26)16-10-9-14(16)13-3-1-2-4-15(13)17-19-21-22-20-17/h1-8,14,16H,9-10H2,(H,19,20,21,22). The quantitative estimate of drug-likeness (QED) is 0.319. The van der Waals surface area contributed by atoms with Gasteiger partial charge in [0.05, 0.1) is 10.8 Å². The maximum Gasteiger partial charge on any atom is 0.314 e. The van der Waals surface area contributed by atoms with Crippen LogP contribution in [0.1, 0.15) is 24.3 Å². The van der Waals surface area contributed by atoms with Crippen molar-refractivity contribution in [3.8, 4) is 17.1 Å². The van der Waals surface area contributed by atoms with Gasteiger partial charge in [0.2, 0.25) is 0 Å². The van der Waals surface area contributed by atoms with Crippen LogP contribution in [-0.4, -0.2) is 31.5 Å². The highest BCUT2D eigenvalue weighted by Crippen LogP contribution is 2.46. The molecule has 1 N–H and O–H groups in total. The van der Waals surface area contributed by atoms with Crippen molar-refractivity contribution in [2.24, 2.45) is 5.92 Å². The topological polar surface area (TPSA) is 124 Å². The molecule has 2 atom stereocenters. The summed E-state index contributed by atoms with van der Waals surface area (Å²) >= 11 is 0. The summed E-state index contributed by atoms with van der Waals surface area (Å²) in [5.74, 6) is 0.239. The van der Waals surface area contributed by atoms with Crippen LogP contribution in [0.4, 0.5) is 5.69 Å². The molecule has 0 aliphatic heterocycles. The molecule has 1 aliphatic rings. The first kappa shape index (κ1) is 16.8. The first-order valence-electron chi connectivity index (χ1n) is 8.42. The molecule has 1 aliphatic carbocycles. The van der Waals surface area contributed by atoms with Gasteiger partial charge in [0, 0.05) is 17.7 Å². The third-order valence-electron chi connectivity index (χ3n) is 4.80. The van der Waals surface area contributed by atoms with Crippen LogP contribution in [0.25, 0.3) is 11.4 Å². The van der Waals surface area contributed by atoms with E-state index in [-0.39, 0.29) is 23.5 Å². The monoisotopic (exact) mass is 365 g/mol. The van der Waals surface area contributed by atoms with Crippen molar-refractivity contribution in [2.45, 2.75) is 18.8 Å². The van der Waals surface area contributed by atoms with Crippen LogP contribution < -0.4 is 4.74 Å². The van der Waals surface area contributed by atoms with E-state index in [4.69, 9.17) is 4.74 Å². The lowest BCUT2D eigenvalue weighted by Gasteiger charge is -2.35. The number of non-ortho nitro benzene ring substituents is 1. The Kier molecular flexibility index (Phi) is 4.33. The minimum atomic E-state index is -0.497. The minimum Gasteiger partial charge on any atom is -0.426 e. The third-order valence-corrected chi connectivity index (χ3v) is 4.80. The van der Waals surface area contributed by atoms with Crippen molar-refractivity contribution in [3.63, 3.8) is 0 Å². The van der Waals surface area contributed by atoms with Crippen molar-refractivity contribution >= 4 is 11.7 Å². The molecule has 2 unspecified atom stereocenters. The number of hydrogen-bond donors (Lipinski definition) is 1. The van der Waals surface area contributed by atoms with Gasteiger partial charge in [-0.15, -0.1) is 5.10 Å². The molecule has 4 rings (SSSR count). The Morgan fingerprint density at radius 3 is 2.56 bits per heavy atom. The molecule has 0 radical (unpaired) electrons. The number of nitro groups is 1. The summed E-state index contributed by atoms with van der Waals surface area (Å²) in [5, 5.41) is 24.6. The first-order valence-corrected chi connectivity index (χ1v) is 8.42. The van der Waals surface area contributed by atoms with Crippen LogP contribution in [0, 0.1) is 16.0 Å². The Labute approximate surface area is 153 Å². The Bertz CT molecular complexity index is 972. The number of carbonyl (C=O) groups is 1. The van der Waals surface area contributed by atoms with Crippen LogP contribution in [0.2, 0.25) is 0 Å². The van der Waals surface area contributed by atoms with E-state index in [1.54, 1.807) is 0 Å². The number of tetrazole rings is 1. The summed E-state index contributed by atoms with van der Waals surface area (Å²) in [6.45, 7) is 0. The molecule has 3 aromatic rings. The summed E-state index contributed by atoms with van der Waals surface area (Å²) < 4.78 is 5.43. The van der Waals surface area contributed by atoms with E-state index in [0.29, 0.717) is 11.6 Å². The maximum atomic E-state index is 12.6. The van der Waals surface area contributed by atoms with Crippen LogP contribution in [-0.2, 0) is 4.79 Å². The number of hydrogen-bond acceptors (Lipinski definition) is 7. The van der Waals surface area contributed by atoms with E-state index in [9.17, 15) is 14.9 Å². The normalized spacial score (nSPS) is 18.5. The van der Waals surface area contributed by atoms with Crippen LogP contribution in [0.5, 0.6) is 5.75 Å². The van der Waals surface area contributed by atoms with E-state index in [2.05, 4.69) is 20.6 Å². The number of aromatic nitrogens is 4. The van der Waals surface area contributed by atoms with E-state index >= 15 is 0 Å². The Morgan fingerprint density at radius 2 is 1.93 bits per heavy atom. The zero-order chi connectivity index (χ0) is 18.8. The highest BCUT2D eigenvalue weighted by Gasteiger charge is 2.40. The Balaban J connectivity index is 1.51. The maximum absolute atomic E-state index is 12.6. The predicted octanol–water partition coefficient (Wildman–Crippen LogP) is 2.87. The van der Waals surface area contributed by atoms with Gasteiger partial charge < -0.3 is 4.74 Å². The van der Waals surface area contributed by atoms with Gasteiger partial charge in [-0.05, 0) is 46.9 Å². The lowest BCUT2D eigenvalue weighted by Crippen LogP contribution is -2.34. The molecule has 0 bridgehead atoms. The van der Waals surface area contributed by atoms with E-state index in [0.717, 1.165) is 24.0 Å². The Morgan fingerprint density at radius 1 is 1.15 bits per heavy atom. The summed E-state index contributed by atoms with van der Waals surface area (Å²) in [7, 11) is 0. The summed E-state index contributed by atoms with van der Waals surface area (Å²) in [4.78, 5) is 22.8. The number of aromatic amines is 1. The fourth-order valence-electron chi connectivity index (χ4n) is 3.29. The van der Waals surface area contributed by atoms with Gasteiger partial charge in [0.1, 0.15) is 5.75 Å². The molecule has 9 heteroatoms. The molecule has 9 nitrogen and oxygen atoms in total. The van der Waals surface area contributed by atoms with Crippen LogP contribution >= 0.6 is 0 Å². The van der Waals surface area contributed by atoms with Gasteiger partial charge in [0.15, 0.2) is 5.82 Å². The average molecular weight is 365 g/mol. The zero-order valence-corrected chi connectivity index (χ0v) is 14.1. The van der Waals surface area contributed by atoms with Gasteiger partial charge >= 0.3 is 5.97 Å². The number of ether oxygens (including phenoxy) is 1. The van der Waals surface area contributed by atoms with Gasteiger partial charge in [-0.2, -0.15) is 0 Å². The van der Waals surface area contributed by atoms with Gasteiger partial charge in [-0.25, -0.2) is 5.10 Å². The SMILES string of the molecule is O=C(Oc1ccc([N+](=O)[O-])cc1)C1CCC1c1ccccc1-c1nnn[nH]1. The molecular formula is C18H15N5O4. The number of benzene rings is 2. The second-order valence-corrected chi connectivity index (χ2v) is 6.30. The van der Waals surface area contributed by atoms with Gasteiger partial charge in [-0.1, -0.05) is 24.3 Å². The Hall–Kier alpha value is -3.62. The zero-order valence-electron chi connectivity index (χ0n) is 14.1. The molecule has 0 saturated heterocycles. The summed E-state index contributed by atoms with van der Waals surface area (Å²) in [6.07, 6.45) is 1.58. The van der Waals surface area contributed by atoms with E-state index < -0.39 is 4.92 Å². The third kappa shape index (κ3) is 3.26. The molecule has 0 spiro atoms. The predicted molar refractivity (Wildman–Crippen MR) is 93.8 cm³/mol. The lowest BCUT2D eigenvalue weighted by molar-refractivity contribution is -0.384. The summed E-state index contributed by atoms with van der Waals surface area (Å²) in [6, 6.07) is 13.2.